The van der Waals surface area contributed by atoms with Gasteiger partial charge in [-0.15, -0.1) is 0 Å². The topological polar surface area (TPSA) is 136 Å². The number of para-hydroxylation sites is 1. The number of carbonyl (C=O) groups excluding carboxylic acids is 1. The lowest BCUT2D eigenvalue weighted by molar-refractivity contribution is 0.251. The van der Waals surface area contributed by atoms with Crippen LogP contribution in [0.2, 0.25) is 0 Å². The van der Waals surface area contributed by atoms with Crippen LogP contribution in [0.3, 0.4) is 0 Å². The molecule has 0 fully saturated rings. The second-order valence-corrected chi connectivity index (χ2v) is 8.38. The maximum absolute atomic E-state index is 12.4. The van der Waals surface area contributed by atoms with Gasteiger partial charge in [0.2, 0.25) is 0 Å². The van der Waals surface area contributed by atoms with Gasteiger partial charge in [0.05, 0.1) is 41.5 Å². The van der Waals surface area contributed by atoms with Gasteiger partial charge in [-0.1, -0.05) is 18.2 Å². The van der Waals surface area contributed by atoms with Crippen LogP contribution in [-0.4, -0.2) is 47.0 Å². The Hall–Kier alpha value is -4.33. The Labute approximate surface area is 216 Å². The number of urea groups is 1. The number of nitrogens with one attached hydrogen (secondary N) is 4. The normalized spacial score (nSPS) is 11.8. The fraction of sp³-hybridized carbons (Fsp3) is 0.296. The molecule has 3 aromatic rings. The summed E-state index contributed by atoms with van der Waals surface area (Å²) in [6.45, 7) is 7.44. The fourth-order valence-electron chi connectivity index (χ4n) is 3.60. The average Bonchev–Trinajstić information content (AvgIpc) is 3.20. The summed E-state index contributed by atoms with van der Waals surface area (Å²) >= 11 is 0. The van der Waals surface area contributed by atoms with E-state index in [-0.39, 0.29) is 12.6 Å². The summed E-state index contributed by atoms with van der Waals surface area (Å²) in [5.74, 6) is 1.47. The van der Waals surface area contributed by atoms with Gasteiger partial charge in [-0.25, -0.2) is 9.31 Å². The van der Waals surface area contributed by atoms with Crippen LogP contribution in [0.1, 0.15) is 31.4 Å². The predicted octanol–water partition coefficient (Wildman–Crippen LogP) is 3.91. The maximum atomic E-state index is 12.4. The van der Waals surface area contributed by atoms with Gasteiger partial charge in [0.15, 0.2) is 0 Å². The van der Waals surface area contributed by atoms with Gasteiger partial charge in [-0.05, 0) is 58.0 Å². The van der Waals surface area contributed by atoms with Crippen molar-refractivity contribution in [2.24, 2.45) is 0 Å². The number of aromatic nitrogens is 2. The Bertz CT molecular complexity index is 1310. The molecule has 37 heavy (non-hydrogen) atoms. The van der Waals surface area contributed by atoms with Gasteiger partial charge in [0, 0.05) is 24.4 Å². The number of anilines is 2. The van der Waals surface area contributed by atoms with Crippen molar-refractivity contribution in [1.82, 2.24) is 20.2 Å². The second kappa shape index (κ2) is 13.7. The third-order valence-corrected chi connectivity index (χ3v) is 5.44. The molecular formula is C27H33N7O3. The van der Waals surface area contributed by atoms with E-state index < -0.39 is 0 Å². The Balaban J connectivity index is 1.73. The molecule has 0 atom stereocenters. The number of allylic oxidation sites excluding steroid dienone is 4. The molecule has 0 aliphatic heterocycles. The van der Waals surface area contributed by atoms with Crippen molar-refractivity contribution in [2.75, 3.05) is 36.9 Å². The maximum Gasteiger partial charge on any atom is 0.319 e. The third kappa shape index (κ3) is 7.83. The lowest BCUT2D eigenvalue weighted by atomic mass is 10.1. The first-order chi connectivity index (χ1) is 17.9. The highest BCUT2D eigenvalue weighted by molar-refractivity contribution is 5.94. The summed E-state index contributed by atoms with van der Waals surface area (Å²) in [5, 5.41) is 34.9. The number of nitrogens with zero attached hydrogens (tertiary/aromatic N) is 3. The Morgan fingerprint density at radius 1 is 1.16 bits per heavy atom. The van der Waals surface area contributed by atoms with Gasteiger partial charge in [0.25, 0.3) is 0 Å². The Morgan fingerprint density at radius 2 is 1.95 bits per heavy atom. The molecule has 0 unspecified atom stereocenters. The van der Waals surface area contributed by atoms with E-state index in [2.05, 4.69) is 32.4 Å². The van der Waals surface area contributed by atoms with Crippen LogP contribution < -0.4 is 26.0 Å². The van der Waals surface area contributed by atoms with Crippen LogP contribution in [0.5, 0.6) is 5.75 Å². The van der Waals surface area contributed by atoms with E-state index in [0.717, 1.165) is 23.4 Å². The van der Waals surface area contributed by atoms with Gasteiger partial charge < -0.3 is 31.1 Å². The first-order valence-corrected chi connectivity index (χ1v) is 12.1. The van der Waals surface area contributed by atoms with Crippen LogP contribution in [0.25, 0.3) is 5.52 Å². The molecule has 0 radical (unpaired) electrons. The molecule has 2 heterocycles. The first-order valence-electron chi connectivity index (χ1n) is 12.1. The molecule has 0 bridgehead atoms. The minimum absolute atomic E-state index is 0.0855. The zero-order valence-electron chi connectivity index (χ0n) is 21.3. The quantitative estimate of drug-likeness (QED) is 0.144. The van der Waals surface area contributed by atoms with Crippen molar-refractivity contribution in [2.45, 2.75) is 27.2 Å². The number of aliphatic hydroxyl groups is 1. The molecule has 1 aromatic carbocycles. The first kappa shape index (κ1) is 27.3. The highest BCUT2D eigenvalue weighted by Gasteiger charge is 2.17. The third-order valence-electron chi connectivity index (χ3n) is 5.44. The van der Waals surface area contributed by atoms with E-state index in [4.69, 9.17) is 9.84 Å². The van der Waals surface area contributed by atoms with Crippen LogP contribution in [0.4, 0.5) is 16.2 Å². The largest absolute Gasteiger partial charge is 0.462 e. The standard InChI is InChI=1S/C27H33N7O3/c1-19(10-11-20(2)37-23-8-5-4-6-9-23)32-25-22(16-28)17-31-34-18-24(21(3)26(25)34)33-27(36)30-13-7-12-29-14-15-35/h4-6,8-11,17-18,29,32,35H,7,12-15H2,1-3H3,(H2,30,33,36)/b19-10+,20-11+. The summed E-state index contributed by atoms with van der Waals surface area (Å²) in [4.78, 5) is 12.4. The molecular weight excluding hydrogens is 470 g/mol. The lowest BCUT2D eigenvalue weighted by Crippen LogP contribution is -2.31. The van der Waals surface area contributed by atoms with Crippen LogP contribution in [0, 0.1) is 18.3 Å². The minimum Gasteiger partial charge on any atom is -0.462 e. The van der Waals surface area contributed by atoms with Crippen molar-refractivity contribution < 1.29 is 14.6 Å². The minimum atomic E-state index is -0.328. The van der Waals surface area contributed by atoms with E-state index in [9.17, 15) is 10.1 Å². The summed E-state index contributed by atoms with van der Waals surface area (Å²) in [5.41, 5.74) is 3.84. The smallest absolute Gasteiger partial charge is 0.319 e. The summed E-state index contributed by atoms with van der Waals surface area (Å²) < 4.78 is 7.44. The highest BCUT2D eigenvalue weighted by atomic mass is 16.5. The van der Waals surface area contributed by atoms with Gasteiger partial charge in [-0.3, -0.25) is 0 Å². The molecule has 3 rings (SSSR count). The van der Waals surface area contributed by atoms with E-state index in [1.165, 1.54) is 6.20 Å². The Kier molecular flexibility index (Phi) is 10.1. The molecule has 10 heteroatoms. The van der Waals surface area contributed by atoms with Crippen molar-refractivity contribution in [3.8, 4) is 11.8 Å². The predicted molar refractivity (Wildman–Crippen MR) is 144 cm³/mol. The summed E-state index contributed by atoms with van der Waals surface area (Å²) in [7, 11) is 0. The van der Waals surface area contributed by atoms with Crippen molar-refractivity contribution >= 4 is 22.9 Å². The number of aryl methyl sites for hydroxylation is 1. The number of rotatable bonds is 12. The van der Waals surface area contributed by atoms with Crippen LogP contribution in [0.15, 0.2) is 66.3 Å². The number of benzene rings is 1. The van der Waals surface area contributed by atoms with Gasteiger partial charge >= 0.3 is 6.03 Å². The number of carbonyl (C=O) groups is 1. The number of hydrogen-bond donors (Lipinski definition) is 5. The molecule has 0 spiro atoms. The number of nitriles is 1. The van der Waals surface area contributed by atoms with Crippen LogP contribution in [-0.2, 0) is 0 Å². The molecule has 0 aliphatic rings. The molecule has 10 nitrogen and oxygen atoms in total. The lowest BCUT2D eigenvalue weighted by Gasteiger charge is -2.11. The van der Waals surface area contributed by atoms with E-state index in [1.54, 1.807) is 10.7 Å². The fourth-order valence-corrected chi connectivity index (χ4v) is 3.60. The molecule has 0 saturated heterocycles. The van der Waals surface area contributed by atoms with E-state index in [1.807, 2.05) is 63.3 Å². The SMILES string of the molecule is C/C(=C\C=C(/C)Oc1ccccc1)Nc1c(C#N)cnn2cc(NC(=O)NCCCNCCO)c(C)c12. The molecule has 0 saturated carbocycles. The molecule has 2 aromatic heterocycles. The summed E-state index contributed by atoms with van der Waals surface area (Å²) in [6, 6.07) is 11.4. The zero-order valence-corrected chi connectivity index (χ0v) is 21.3. The number of ether oxygens (including phenoxy) is 1. The number of fused-ring (bicyclic) bond motifs is 1. The van der Waals surface area contributed by atoms with E-state index >= 15 is 0 Å². The zero-order chi connectivity index (χ0) is 26.6. The average molecular weight is 504 g/mol. The van der Waals surface area contributed by atoms with Crippen molar-refractivity contribution in [1.29, 1.82) is 5.26 Å². The van der Waals surface area contributed by atoms with E-state index in [0.29, 0.717) is 47.8 Å². The second-order valence-electron chi connectivity index (χ2n) is 8.38. The van der Waals surface area contributed by atoms with Crippen LogP contribution >= 0.6 is 0 Å². The van der Waals surface area contributed by atoms with Gasteiger partial charge in [-0.2, -0.15) is 10.4 Å². The number of amides is 2. The van der Waals surface area contributed by atoms with Crippen molar-refractivity contribution in [3.63, 3.8) is 0 Å². The monoisotopic (exact) mass is 503 g/mol. The molecule has 5 N–H and O–H groups in total. The Morgan fingerprint density at radius 3 is 2.68 bits per heavy atom. The number of hydrogen-bond acceptors (Lipinski definition) is 7. The molecule has 0 aliphatic carbocycles. The summed E-state index contributed by atoms with van der Waals surface area (Å²) in [6.07, 6.45) is 7.67. The van der Waals surface area contributed by atoms with Crippen molar-refractivity contribution in [3.05, 3.63) is 77.5 Å². The molecule has 194 valence electrons. The molecule has 2 amide bonds. The van der Waals surface area contributed by atoms with Gasteiger partial charge in [0.1, 0.15) is 17.6 Å². The number of aliphatic hydroxyl groups excluding tert-OH is 1. The highest BCUT2D eigenvalue weighted by Crippen LogP contribution is 2.31.